The molecule has 25 heavy (non-hydrogen) atoms. The number of carbonyl (C=O) groups is 1. The Kier molecular flexibility index (Phi) is 5.41. The van der Waals surface area contributed by atoms with E-state index < -0.39 is 9.96 Å². The number of nitrogens with one attached hydrogen (secondary N) is 1. The highest BCUT2D eigenvalue weighted by atomic mass is 35.6. The van der Waals surface area contributed by atoms with Gasteiger partial charge in [-0.3, -0.25) is 14.5 Å². The Morgan fingerprint density at radius 2 is 1.96 bits per heavy atom. The summed E-state index contributed by atoms with van der Waals surface area (Å²) >= 11 is 18.5. The fourth-order valence-corrected chi connectivity index (χ4v) is 4.40. The summed E-state index contributed by atoms with van der Waals surface area (Å²) in [5.41, 5.74) is 1.05. The first-order valence-corrected chi connectivity index (χ1v) is 9.61. The average molecular weight is 407 g/mol. The van der Waals surface area contributed by atoms with E-state index >= 15 is 0 Å². The van der Waals surface area contributed by atoms with Gasteiger partial charge in [-0.15, -0.1) is 0 Å². The molecule has 0 saturated carbocycles. The molecule has 3 atom stereocenters. The van der Waals surface area contributed by atoms with Gasteiger partial charge in [0, 0.05) is 43.2 Å². The Balaban J connectivity index is 1.86. The molecule has 3 rings (SSSR count). The summed E-state index contributed by atoms with van der Waals surface area (Å²) in [6.45, 7) is 5.58. The third-order valence-corrected chi connectivity index (χ3v) is 5.61. The summed E-state index contributed by atoms with van der Waals surface area (Å²) in [6.07, 6.45) is 0.310. The Morgan fingerprint density at radius 1 is 1.24 bits per heavy atom. The van der Waals surface area contributed by atoms with Gasteiger partial charge >= 0.3 is 0 Å². The van der Waals surface area contributed by atoms with Gasteiger partial charge in [-0.2, -0.15) is 0 Å². The van der Waals surface area contributed by atoms with Crippen molar-refractivity contribution in [3.63, 3.8) is 0 Å². The van der Waals surface area contributed by atoms with Crippen molar-refractivity contribution in [1.82, 2.24) is 14.8 Å². The lowest BCUT2D eigenvalue weighted by molar-refractivity contribution is -0.126. The number of pyridine rings is 1. The van der Waals surface area contributed by atoms with Crippen LogP contribution in [-0.4, -0.2) is 38.4 Å². The van der Waals surface area contributed by atoms with Gasteiger partial charge in [-0.25, -0.2) is 0 Å². The highest BCUT2D eigenvalue weighted by Crippen LogP contribution is 2.39. The number of piperidine rings is 1. The number of hydrogen-bond donors (Lipinski definition) is 1. The molecule has 0 unspecified atom stereocenters. The Morgan fingerprint density at radius 3 is 2.60 bits per heavy atom. The molecule has 5 nitrogen and oxygen atoms in total. The van der Waals surface area contributed by atoms with Crippen molar-refractivity contribution in [2.45, 2.75) is 42.7 Å². The normalized spacial score (nSPS) is 24.7. The molecule has 0 spiro atoms. The first-order chi connectivity index (χ1) is 11.7. The van der Waals surface area contributed by atoms with Gasteiger partial charge in [0.05, 0.1) is 0 Å². The second kappa shape index (κ2) is 7.10. The number of amides is 1. The summed E-state index contributed by atoms with van der Waals surface area (Å²) in [7, 11) is 0. The molecule has 3 heterocycles. The van der Waals surface area contributed by atoms with Gasteiger partial charge < -0.3 is 9.88 Å². The number of carbonyl (C=O) groups excluding carboxylic acids is 1. The molecular formula is C17H22Cl3N3O2. The predicted octanol–water partition coefficient (Wildman–Crippen LogP) is 2.74. The maximum atomic E-state index is 12.2. The Labute approximate surface area is 162 Å². The number of hydrogen-bond acceptors (Lipinski definition) is 3. The van der Waals surface area contributed by atoms with Crippen LogP contribution in [0.5, 0.6) is 0 Å². The van der Waals surface area contributed by atoms with Gasteiger partial charge in [0.1, 0.15) is 6.17 Å². The SMILES string of the molecule is CC(C)C(=O)N[C@H](N1C[C@@H]2C[C@@H](C1)c1cccc(=O)n1C2)C(Cl)(Cl)Cl. The lowest BCUT2D eigenvalue weighted by atomic mass is 9.83. The zero-order valence-electron chi connectivity index (χ0n) is 14.2. The molecule has 8 heteroatoms. The minimum absolute atomic E-state index is 0.0340. The number of alkyl halides is 3. The zero-order valence-corrected chi connectivity index (χ0v) is 16.5. The fourth-order valence-electron chi connectivity index (χ4n) is 3.83. The van der Waals surface area contributed by atoms with E-state index in [2.05, 4.69) is 5.32 Å². The summed E-state index contributed by atoms with van der Waals surface area (Å²) in [4.78, 5) is 26.3. The third kappa shape index (κ3) is 4.00. The lowest BCUT2D eigenvalue weighted by Gasteiger charge is -2.47. The molecule has 1 N–H and O–H groups in total. The fraction of sp³-hybridized carbons (Fsp3) is 0.647. The maximum absolute atomic E-state index is 12.2. The van der Waals surface area contributed by atoms with Crippen LogP contribution in [0.1, 0.15) is 31.9 Å². The number of aromatic nitrogens is 1. The quantitative estimate of drug-likeness (QED) is 0.785. The van der Waals surface area contributed by atoms with Crippen molar-refractivity contribution < 1.29 is 4.79 Å². The molecule has 0 aromatic carbocycles. The number of likely N-dealkylation sites (tertiary alicyclic amines) is 1. The summed E-state index contributed by atoms with van der Waals surface area (Å²) < 4.78 is 0.222. The molecule has 1 fully saturated rings. The largest absolute Gasteiger partial charge is 0.336 e. The second-order valence-electron chi connectivity index (χ2n) is 7.26. The molecule has 0 radical (unpaired) electrons. The Bertz CT molecular complexity index is 714. The Hall–Kier alpha value is -0.750. The molecule has 1 amide bonds. The van der Waals surface area contributed by atoms with E-state index in [9.17, 15) is 9.59 Å². The van der Waals surface area contributed by atoms with E-state index in [4.69, 9.17) is 34.8 Å². The number of rotatable bonds is 3. The first kappa shape index (κ1) is 19.0. The second-order valence-corrected chi connectivity index (χ2v) is 9.63. The highest BCUT2D eigenvalue weighted by molar-refractivity contribution is 6.68. The summed E-state index contributed by atoms with van der Waals surface area (Å²) in [5.74, 6) is 0.131. The third-order valence-electron chi connectivity index (χ3n) is 4.99. The minimum atomic E-state index is -1.63. The van der Waals surface area contributed by atoms with Crippen molar-refractivity contribution in [2.75, 3.05) is 13.1 Å². The molecule has 1 aromatic heterocycles. The van der Waals surface area contributed by atoms with Crippen molar-refractivity contribution in [1.29, 1.82) is 0 Å². The van der Waals surface area contributed by atoms with Gasteiger partial charge in [0.2, 0.25) is 9.70 Å². The summed E-state index contributed by atoms with van der Waals surface area (Å²) in [5, 5.41) is 2.87. The molecule has 2 aliphatic heterocycles. The predicted molar refractivity (Wildman–Crippen MR) is 100 cm³/mol. The summed E-state index contributed by atoms with van der Waals surface area (Å²) in [6, 6.07) is 5.37. The molecular weight excluding hydrogens is 385 g/mol. The van der Waals surface area contributed by atoms with Crippen LogP contribution in [0.4, 0.5) is 0 Å². The van der Waals surface area contributed by atoms with Crippen molar-refractivity contribution in [3.05, 3.63) is 34.2 Å². The zero-order chi connectivity index (χ0) is 18.4. The monoisotopic (exact) mass is 405 g/mol. The highest BCUT2D eigenvalue weighted by Gasteiger charge is 2.44. The number of fused-ring (bicyclic) bond motifs is 4. The van der Waals surface area contributed by atoms with E-state index in [0.717, 1.165) is 12.1 Å². The van der Waals surface area contributed by atoms with Crippen LogP contribution >= 0.6 is 34.8 Å². The topological polar surface area (TPSA) is 54.3 Å². The van der Waals surface area contributed by atoms with Gasteiger partial charge in [-0.05, 0) is 18.4 Å². The molecule has 138 valence electrons. The van der Waals surface area contributed by atoms with E-state index in [0.29, 0.717) is 19.6 Å². The number of halogens is 3. The van der Waals surface area contributed by atoms with Crippen molar-refractivity contribution in [2.24, 2.45) is 11.8 Å². The van der Waals surface area contributed by atoms with E-state index in [1.54, 1.807) is 26.0 Å². The molecule has 2 aliphatic rings. The van der Waals surface area contributed by atoms with Crippen molar-refractivity contribution in [3.8, 4) is 0 Å². The minimum Gasteiger partial charge on any atom is -0.336 e. The lowest BCUT2D eigenvalue weighted by Crippen LogP contribution is -2.60. The smallest absolute Gasteiger partial charge is 0.250 e. The van der Waals surface area contributed by atoms with Crippen LogP contribution in [0.15, 0.2) is 23.0 Å². The van der Waals surface area contributed by atoms with Gasteiger partial charge in [0.15, 0.2) is 0 Å². The maximum Gasteiger partial charge on any atom is 0.250 e. The van der Waals surface area contributed by atoms with E-state index in [1.165, 1.54) is 0 Å². The van der Waals surface area contributed by atoms with Gasteiger partial charge in [0.25, 0.3) is 5.56 Å². The van der Waals surface area contributed by atoms with Crippen LogP contribution < -0.4 is 10.9 Å². The average Bonchev–Trinajstić information content (AvgIpc) is 2.52. The van der Waals surface area contributed by atoms with Crippen LogP contribution in [0, 0.1) is 11.8 Å². The van der Waals surface area contributed by atoms with Crippen LogP contribution in [0.3, 0.4) is 0 Å². The standard InChI is InChI=1S/C17H22Cl3N3O2/c1-10(2)15(25)21-16(17(18,19)20)22-7-11-6-12(9-22)13-4-3-5-14(24)23(13)8-11/h3-5,10-12,16H,6-9H2,1-2H3,(H,21,25)/t11-,12-,16+/m0/s1. The van der Waals surface area contributed by atoms with Crippen molar-refractivity contribution >= 4 is 40.7 Å². The molecule has 2 bridgehead atoms. The van der Waals surface area contributed by atoms with Crippen LogP contribution in [0.25, 0.3) is 0 Å². The van der Waals surface area contributed by atoms with Crippen LogP contribution in [0.2, 0.25) is 0 Å². The molecule has 1 saturated heterocycles. The molecule has 0 aliphatic carbocycles. The van der Waals surface area contributed by atoms with Crippen LogP contribution in [-0.2, 0) is 11.3 Å². The number of nitrogens with zero attached hydrogens (tertiary/aromatic N) is 2. The first-order valence-electron chi connectivity index (χ1n) is 8.47. The van der Waals surface area contributed by atoms with E-state index in [-0.39, 0.29) is 29.2 Å². The molecule has 1 aromatic rings. The van der Waals surface area contributed by atoms with E-state index in [1.807, 2.05) is 15.5 Å². The van der Waals surface area contributed by atoms with Gasteiger partial charge in [-0.1, -0.05) is 54.7 Å².